The van der Waals surface area contributed by atoms with Crippen LogP contribution in [0.3, 0.4) is 0 Å². The van der Waals surface area contributed by atoms with E-state index in [1.54, 1.807) is 0 Å². The average Bonchev–Trinajstić information content (AvgIpc) is 2.74. The zero-order valence-electron chi connectivity index (χ0n) is 8.08. The highest BCUT2D eigenvalue weighted by molar-refractivity contribution is 5.30. The van der Waals surface area contributed by atoms with Gasteiger partial charge < -0.3 is 4.84 Å². The zero-order valence-corrected chi connectivity index (χ0v) is 8.08. The highest BCUT2D eigenvalue weighted by Gasteiger charge is 2.47. The number of nitrogens with two attached hydrogens (primary N) is 1. The van der Waals surface area contributed by atoms with Crippen LogP contribution < -0.4 is 5.90 Å². The molecule has 1 aliphatic carbocycles. The van der Waals surface area contributed by atoms with E-state index in [1.165, 1.54) is 5.56 Å². The van der Waals surface area contributed by atoms with Crippen molar-refractivity contribution in [2.75, 3.05) is 6.61 Å². The Morgan fingerprint density at radius 2 is 2.38 bits per heavy atom. The summed E-state index contributed by atoms with van der Waals surface area (Å²) < 4.78 is 1.85. The van der Waals surface area contributed by atoms with Crippen LogP contribution in [0.1, 0.15) is 24.1 Å². The Bertz CT molecular complexity index is 315. The summed E-state index contributed by atoms with van der Waals surface area (Å²) >= 11 is 0. The molecule has 1 aliphatic rings. The van der Waals surface area contributed by atoms with Crippen molar-refractivity contribution in [1.29, 1.82) is 0 Å². The van der Waals surface area contributed by atoms with Gasteiger partial charge in [-0.1, -0.05) is 0 Å². The molecule has 0 bridgehead atoms. The number of hydrogen-bond acceptors (Lipinski definition) is 3. The summed E-state index contributed by atoms with van der Waals surface area (Å²) in [5, 5.41) is 4.44. The third-order valence-electron chi connectivity index (χ3n) is 2.73. The Labute approximate surface area is 77.6 Å². The van der Waals surface area contributed by atoms with Crippen LogP contribution in [-0.2, 0) is 17.3 Å². The van der Waals surface area contributed by atoms with Gasteiger partial charge in [0, 0.05) is 18.7 Å². The first-order valence-corrected chi connectivity index (χ1v) is 4.50. The molecular weight excluding hydrogens is 166 g/mol. The lowest BCUT2D eigenvalue weighted by atomic mass is 10.0. The first kappa shape index (κ1) is 8.72. The number of aromatic nitrogens is 2. The third kappa shape index (κ3) is 1.36. The van der Waals surface area contributed by atoms with Crippen molar-refractivity contribution in [2.24, 2.45) is 12.9 Å². The van der Waals surface area contributed by atoms with E-state index in [4.69, 9.17) is 10.7 Å². The van der Waals surface area contributed by atoms with Crippen LogP contribution in [0, 0.1) is 6.92 Å². The van der Waals surface area contributed by atoms with E-state index >= 15 is 0 Å². The van der Waals surface area contributed by atoms with Gasteiger partial charge in [-0.25, -0.2) is 5.90 Å². The Hall–Kier alpha value is -0.870. The summed E-state index contributed by atoms with van der Waals surface area (Å²) in [6, 6.07) is 0. The molecule has 4 nitrogen and oxygen atoms in total. The maximum Gasteiger partial charge on any atom is 0.0791 e. The predicted molar refractivity (Wildman–Crippen MR) is 49.0 cm³/mol. The highest BCUT2D eigenvalue weighted by atomic mass is 16.6. The first-order valence-electron chi connectivity index (χ1n) is 4.50. The van der Waals surface area contributed by atoms with Gasteiger partial charge in [0.1, 0.15) is 0 Å². The predicted octanol–water partition coefficient (Wildman–Crippen LogP) is 0.650. The lowest BCUT2D eigenvalue weighted by Crippen LogP contribution is -2.19. The number of nitrogens with zero attached hydrogens (tertiary/aromatic N) is 2. The first-order chi connectivity index (χ1) is 6.18. The van der Waals surface area contributed by atoms with Gasteiger partial charge >= 0.3 is 0 Å². The molecule has 0 aromatic carbocycles. The fraction of sp³-hybridized carbons (Fsp3) is 0.667. The minimum Gasteiger partial charge on any atom is -0.304 e. The van der Waals surface area contributed by atoms with E-state index < -0.39 is 0 Å². The van der Waals surface area contributed by atoms with E-state index in [0.29, 0.717) is 6.61 Å². The largest absolute Gasteiger partial charge is 0.304 e. The van der Waals surface area contributed by atoms with Crippen molar-refractivity contribution in [3.63, 3.8) is 0 Å². The second-order valence-corrected chi connectivity index (χ2v) is 3.93. The van der Waals surface area contributed by atoms with Gasteiger partial charge in [0.15, 0.2) is 0 Å². The second kappa shape index (κ2) is 2.82. The molecule has 0 radical (unpaired) electrons. The van der Waals surface area contributed by atoms with Crippen molar-refractivity contribution < 1.29 is 4.84 Å². The quantitative estimate of drug-likeness (QED) is 0.696. The molecular formula is C9H15N3O. The number of rotatable bonds is 3. The van der Waals surface area contributed by atoms with Crippen LogP contribution >= 0.6 is 0 Å². The van der Waals surface area contributed by atoms with Crippen LogP contribution in [0.5, 0.6) is 0 Å². The lowest BCUT2D eigenvalue weighted by molar-refractivity contribution is 0.114. The van der Waals surface area contributed by atoms with E-state index in [1.807, 2.05) is 17.9 Å². The molecule has 0 aliphatic heterocycles. The molecule has 1 aromatic rings. The molecule has 1 aromatic heterocycles. The van der Waals surface area contributed by atoms with Crippen LogP contribution in [0.25, 0.3) is 0 Å². The van der Waals surface area contributed by atoms with Gasteiger partial charge in [0.05, 0.1) is 12.3 Å². The molecule has 1 heterocycles. The standard InChI is InChI=1S/C9H15N3O/c1-7-5-12(2)11-8(7)9(3-4-9)6-13-10/h5H,3-4,6,10H2,1-2H3. The molecule has 72 valence electrons. The third-order valence-corrected chi connectivity index (χ3v) is 2.73. The zero-order chi connectivity index (χ0) is 9.47. The van der Waals surface area contributed by atoms with Gasteiger partial charge in [0.25, 0.3) is 0 Å². The van der Waals surface area contributed by atoms with Gasteiger partial charge in [-0.2, -0.15) is 5.10 Å². The summed E-state index contributed by atoms with van der Waals surface area (Å²) in [4.78, 5) is 4.74. The highest BCUT2D eigenvalue weighted by Crippen LogP contribution is 2.48. The summed E-state index contributed by atoms with van der Waals surface area (Å²) in [5.74, 6) is 5.11. The Morgan fingerprint density at radius 3 is 2.77 bits per heavy atom. The smallest absolute Gasteiger partial charge is 0.0791 e. The van der Waals surface area contributed by atoms with Crippen LogP contribution in [0.15, 0.2) is 6.20 Å². The van der Waals surface area contributed by atoms with E-state index in [-0.39, 0.29) is 5.41 Å². The topological polar surface area (TPSA) is 53.1 Å². The molecule has 0 saturated heterocycles. The molecule has 0 spiro atoms. The molecule has 2 N–H and O–H groups in total. The minimum atomic E-state index is 0.125. The van der Waals surface area contributed by atoms with Crippen molar-refractivity contribution in [2.45, 2.75) is 25.2 Å². The molecule has 4 heteroatoms. The maximum absolute atomic E-state index is 5.11. The molecule has 2 rings (SSSR count). The Morgan fingerprint density at radius 1 is 1.69 bits per heavy atom. The number of aryl methyl sites for hydroxylation is 2. The van der Waals surface area contributed by atoms with E-state index in [2.05, 4.69) is 12.0 Å². The fourth-order valence-electron chi connectivity index (χ4n) is 1.89. The van der Waals surface area contributed by atoms with Crippen LogP contribution in [0.4, 0.5) is 0 Å². The van der Waals surface area contributed by atoms with Crippen molar-refractivity contribution in [1.82, 2.24) is 9.78 Å². The Kier molecular flexibility index (Phi) is 1.89. The fourth-order valence-corrected chi connectivity index (χ4v) is 1.89. The summed E-state index contributed by atoms with van der Waals surface area (Å²) in [6.07, 6.45) is 4.32. The summed E-state index contributed by atoms with van der Waals surface area (Å²) in [5.41, 5.74) is 2.51. The summed E-state index contributed by atoms with van der Waals surface area (Å²) in [7, 11) is 1.94. The molecule has 1 saturated carbocycles. The van der Waals surface area contributed by atoms with Crippen molar-refractivity contribution in [3.05, 3.63) is 17.5 Å². The molecule has 0 atom stereocenters. The second-order valence-electron chi connectivity index (χ2n) is 3.93. The van der Waals surface area contributed by atoms with Crippen molar-refractivity contribution >= 4 is 0 Å². The van der Waals surface area contributed by atoms with Gasteiger partial charge in [-0.3, -0.25) is 4.68 Å². The lowest BCUT2D eigenvalue weighted by Gasteiger charge is -2.10. The minimum absolute atomic E-state index is 0.125. The normalized spacial score (nSPS) is 19.0. The maximum atomic E-state index is 5.11. The SMILES string of the molecule is Cc1cn(C)nc1C1(CON)CC1. The van der Waals surface area contributed by atoms with E-state index in [9.17, 15) is 0 Å². The van der Waals surface area contributed by atoms with Crippen LogP contribution in [0.2, 0.25) is 0 Å². The molecule has 13 heavy (non-hydrogen) atoms. The summed E-state index contributed by atoms with van der Waals surface area (Å²) in [6.45, 7) is 2.67. The molecule has 0 unspecified atom stereocenters. The molecule has 0 amide bonds. The average molecular weight is 181 g/mol. The Balaban J connectivity index is 2.29. The van der Waals surface area contributed by atoms with Crippen LogP contribution in [-0.4, -0.2) is 16.4 Å². The number of hydrogen-bond donors (Lipinski definition) is 1. The van der Waals surface area contributed by atoms with Crippen molar-refractivity contribution in [3.8, 4) is 0 Å². The van der Waals surface area contributed by atoms with E-state index in [0.717, 1.165) is 18.5 Å². The molecule has 1 fully saturated rings. The van der Waals surface area contributed by atoms with Gasteiger partial charge in [-0.05, 0) is 25.3 Å². The van der Waals surface area contributed by atoms with Gasteiger partial charge in [0.2, 0.25) is 0 Å². The van der Waals surface area contributed by atoms with Gasteiger partial charge in [-0.15, -0.1) is 0 Å². The monoisotopic (exact) mass is 181 g/mol.